The minimum absolute atomic E-state index is 0.00992. The average Bonchev–Trinajstić information content (AvgIpc) is 3.33. The molecule has 40 heavy (non-hydrogen) atoms. The second-order valence-electron chi connectivity index (χ2n) is 8.53. The highest BCUT2D eigenvalue weighted by Gasteiger charge is 2.34. The van der Waals surface area contributed by atoms with Crippen LogP contribution in [0.2, 0.25) is 0 Å². The van der Waals surface area contributed by atoms with Gasteiger partial charge in [0.1, 0.15) is 0 Å². The number of imide groups is 2. The molecule has 0 spiro atoms. The fourth-order valence-electron chi connectivity index (χ4n) is 2.29. The first-order chi connectivity index (χ1) is 18.5. The molecular formula is C23H34N2O14S. The van der Waals surface area contributed by atoms with Crippen LogP contribution in [-0.2, 0) is 52.6 Å². The van der Waals surface area contributed by atoms with Crippen molar-refractivity contribution in [3.63, 3.8) is 0 Å². The van der Waals surface area contributed by atoms with Gasteiger partial charge in [-0.25, -0.2) is 9.59 Å². The van der Waals surface area contributed by atoms with E-state index in [1.165, 1.54) is 13.8 Å². The number of carbonyl (C=O) groups is 8. The van der Waals surface area contributed by atoms with Crippen LogP contribution in [0.15, 0.2) is 0 Å². The Kier molecular flexibility index (Phi) is 16.1. The highest BCUT2D eigenvalue weighted by atomic mass is 32.2. The summed E-state index contributed by atoms with van der Waals surface area (Å²) in [6.07, 6.45) is -1.39. The molecule has 2 fully saturated rings. The van der Waals surface area contributed by atoms with Crippen LogP contribution in [0.3, 0.4) is 0 Å². The molecule has 1 N–H and O–H groups in total. The summed E-state index contributed by atoms with van der Waals surface area (Å²) in [4.78, 5) is 91.4. The van der Waals surface area contributed by atoms with E-state index in [-0.39, 0.29) is 48.6 Å². The van der Waals surface area contributed by atoms with Gasteiger partial charge in [0, 0.05) is 39.5 Å². The third-order valence-corrected chi connectivity index (χ3v) is 4.82. The second-order valence-corrected chi connectivity index (χ2v) is 9.27. The van der Waals surface area contributed by atoms with E-state index in [1.54, 1.807) is 34.0 Å². The van der Waals surface area contributed by atoms with E-state index in [9.17, 15) is 38.4 Å². The van der Waals surface area contributed by atoms with Crippen LogP contribution in [-0.4, -0.2) is 81.2 Å². The van der Waals surface area contributed by atoms with E-state index in [4.69, 9.17) is 19.4 Å². The van der Waals surface area contributed by atoms with Crippen molar-refractivity contribution in [2.45, 2.75) is 79.8 Å². The van der Waals surface area contributed by atoms with Gasteiger partial charge in [-0.3, -0.25) is 38.8 Å². The molecule has 2 aliphatic heterocycles. The normalized spacial score (nSPS) is 15.9. The summed E-state index contributed by atoms with van der Waals surface area (Å²) < 4.78 is 18.8. The molecule has 4 amide bonds. The Morgan fingerprint density at radius 1 is 0.675 bits per heavy atom. The largest absolute Gasteiger partial charge is 0.537 e. The Morgan fingerprint density at radius 2 is 1.05 bits per heavy atom. The molecule has 2 rings (SSSR count). The lowest BCUT2D eigenvalue weighted by molar-refractivity contribution is -0.192. The molecule has 0 aliphatic carbocycles. The number of nitrogens with zero attached hydrogens (tertiary/aromatic N) is 2. The summed E-state index contributed by atoms with van der Waals surface area (Å²) in [5.74, 6) is -3.75. The summed E-state index contributed by atoms with van der Waals surface area (Å²) in [5.41, 5.74) is 0. The first-order valence-electron chi connectivity index (χ1n) is 11.9. The maximum Gasteiger partial charge on any atom is 0.537 e. The summed E-state index contributed by atoms with van der Waals surface area (Å²) in [5, 5.41) is 8.46. The van der Waals surface area contributed by atoms with Crippen LogP contribution < -0.4 is 0 Å². The number of esters is 2. The molecule has 2 aliphatic rings. The Morgan fingerprint density at radius 3 is 1.38 bits per heavy atom. The molecule has 0 aromatic carbocycles. The molecule has 2 atom stereocenters. The lowest BCUT2D eigenvalue weighted by Crippen LogP contribution is -2.34. The van der Waals surface area contributed by atoms with Crippen molar-refractivity contribution in [2.24, 2.45) is 11.8 Å². The third kappa shape index (κ3) is 13.9. The molecule has 0 radical (unpaired) electrons. The molecule has 16 nitrogen and oxygen atoms in total. The predicted molar refractivity (Wildman–Crippen MR) is 132 cm³/mol. The van der Waals surface area contributed by atoms with Crippen LogP contribution >= 0.6 is 11.8 Å². The molecule has 0 saturated carbocycles. The topological polar surface area (TPSA) is 209 Å². The van der Waals surface area contributed by atoms with Crippen molar-refractivity contribution >= 4 is 58.8 Å². The van der Waals surface area contributed by atoms with Crippen LogP contribution in [0, 0.1) is 11.8 Å². The van der Waals surface area contributed by atoms with Gasteiger partial charge >= 0.3 is 23.4 Å². The first kappa shape index (κ1) is 36.3. The molecule has 17 heteroatoms. The minimum Gasteiger partial charge on any atom is -0.425 e. The van der Waals surface area contributed by atoms with E-state index in [0.29, 0.717) is 5.06 Å². The van der Waals surface area contributed by atoms with Gasteiger partial charge in [-0.05, 0) is 18.0 Å². The number of carbonyl (C=O) groups excluding carboxylic acids is 8. The fourth-order valence-corrected chi connectivity index (χ4v) is 2.52. The predicted octanol–water partition coefficient (Wildman–Crippen LogP) is 2.30. The van der Waals surface area contributed by atoms with Gasteiger partial charge in [0.2, 0.25) is 12.6 Å². The molecular weight excluding hydrogens is 560 g/mol. The molecule has 0 aromatic rings. The summed E-state index contributed by atoms with van der Waals surface area (Å²) in [7, 11) is 0. The van der Waals surface area contributed by atoms with Gasteiger partial charge in [-0.2, -0.15) is 5.06 Å². The zero-order valence-electron chi connectivity index (χ0n) is 23.2. The quantitative estimate of drug-likeness (QED) is 0.194. The molecule has 2 unspecified atom stereocenters. The number of ether oxygens (including phenoxy) is 4. The zero-order chi connectivity index (χ0) is 31.2. The van der Waals surface area contributed by atoms with Crippen molar-refractivity contribution in [3.8, 4) is 0 Å². The second kappa shape index (κ2) is 17.8. The maximum absolute atomic E-state index is 11.3. The van der Waals surface area contributed by atoms with Crippen LogP contribution in [0.25, 0.3) is 0 Å². The van der Waals surface area contributed by atoms with E-state index in [0.717, 1.165) is 11.8 Å². The van der Waals surface area contributed by atoms with Gasteiger partial charge in [0.05, 0.1) is 11.8 Å². The smallest absolute Gasteiger partial charge is 0.425 e. The van der Waals surface area contributed by atoms with Crippen molar-refractivity contribution in [1.29, 1.82) is 0 Å². The van der Waals surface area contributed by atoms with E-state index in [2.05, 4.69) is 9.57 Å². The molecule has 2 heterocycles. The van der Waals surface area contributed by atoms with Gasteiger partial charge in [-0.15, -0.1) is 0 Å². The average molecular weight is 595 g/mol. The van der Waals surface area contributed by atoms with Gasteiger partial charge in [0.15, 0.2) is 0 Å². The Hall–Kier alpha value is -3.73. The number of hydrogen-bond acceptors (Lipinski definition) is 15. The van der Waals surface area contributed by atoms with E-state index >= 15 is 0 Å². The van der Waals surface area contributed by atoms with Crippen molar-refractivity contribution in [2.75, 3.05) is 6.26 Å². The lowest BCUT2D eigenvalue weighted by Gasteiger charge is -2.17. The van der Waals surface area contributed by atoms with E-state index in [1.807, 2.05) is 0 Å². The zero-order valence-corrected chi connectivity index (χ0v) is 24.0. The maximum atomic E-state index is 11.3. The molecule has 2 saturated heterocycles. The Bertz CT molecular complexity index is 935. The highest BCUT2D eigenvalue weighted by Crippen LogP contribution is 2.13. The summed E-state index contributed by atoms with van der Waals surface area (Å²) in [6.45, 7) is 9.49. The Labute approximate surface area is 234 Å². The minimum atomic E-state index is -1.28. The number of hydroxylamine groups is 4. The van der Waals surface area contributed by atoms with Gasteiger partial charge in [-0.1, -0.05) is 32.8 Å². The number of amides is 4. The number of hydrogen-bond donors (Lipinski definition) is 1. The number of thioether (sulfide) groups is 1. The van der Waals surface area contributed by atoms with E-state index < -0.39 is 53.6 Å². The molecule has 226 valence electrons. The Balaban J connectivity index is 0.000000624. The fraction of sp³-hybridized carbons (Fsp3) is 0.652. The van der Waals surface area contributed by atoms with Gasteiger partial charge < -0.3 is 18.9 Å². The molecule has 0 aromatic heterocycles. The van der Waals surface area contributed by atoms with Crippen molar-refractivity contribution in [1.82, 2.24) is 10.1 Å². The summed E-state index contributed by atoms with van der Waals surface area (Å²) in [6, 6.07) is 0. The lowest BCUT2D eigenvalue weighted by atomic mass is 10.2. The third-order valence-electron chi connectivity index (χ3n) is 4.39. The van der Waals surface area contributed by atoms with Crippen LogP contribution in [0.5, 0.6) is 0 Å². The van der Waals surface area contributed by atoms with Crippen LogP contribution in [0.1, 0.15) is 67.2 Å². The van der Waals surface area contributed by atoms with Crippen LogP contribution in [0.4, 0.5) is 9.59 Å². The standard InChI is InChI=1S/C11H15NO7.C8H14O4S.C4H5NO3/c1-6(2)10(15)17-7(3)18-11(16)19-12-8(13)4-5-9(12)14;1-5(2)7(9)11-6(3)12-8(10)13-4;6-3-1-2-4(7)5(3)8/h6-7H,4-5H2,1-3H3;5-6H,1-4H3;8H,1-2H2. The highest BCUT2D eigenvalue weighted by molar-refractivity contribution is 8.12. The monoisotopic (exact) mass is 594 g/mol. The molecule has 0 bridgehead atoms. The SMILES string of the molecule is CC(OC(=O)ON1C(=O)CCC1=O)OC(=O)C(C)C.CSC(=O)OC(C)OC(=O)C(C)C.O=C1CCC(=O)N1O. The van der Waals surface area contributed by atoms with Crippen molar-refractivity contribution < 1.29 is 67.3 Å². The van der Waals surface area contributed by atoms with Crippen molar-refractivity contribution in [3.05, 3.63) is 0 Å². The first-order valence-corrected chi connectivity index (χ1v) is 13.2. The van der Waals surface area contributed by atoms with Gasteiger partial charge in [0.25, 0.3) is 23.6 Å². The number of rotatable bonds is 7. The summed E-state index contributed by atoms with van der Waals surface area (Å²) >= 11 is 0.936.